The average Bonchev–Trinajstić information content (AvgIpc) is 2.25. The topological polar surface area (TPSA) is 38.7 Å². The summed E-state index contributed by atoms with van der Waals surface area (Å²) in [4.78, 5) is 0. The molecule has 0 bridgehead atoms. The molecule has 1 rings (SSSR count). The monoisotopic (exact) mass is 224 g/mol. The van der Waals surface area contributed by atoms with E-state index in [4.69, 9.17) is 9.47 Å². The Bertz CT molecular complexity index is 332. The van der Waals surface area contributed by atoms with Gasteiger partial charge in [0.25, 0.3) is 0 Å². The molecule has 3 nitrogen and oxygen atoms in total. The van der Waals surface area contributed by atoms with Crippen LogP contribution in [0.25, 0.3) is 0 Å². The van der Waals surface area contributed by atoms with E-state index in [1.165, 1.54) is 0 Å². The highest BCUT2D eigenvalue weighted by Crippen LogP contribution is 2.30. The second kappa shape index (κ2) is 5.75. The van der Waals surface area contributed by atoms with E-state index in [2.05, 4.69) is 13.8 Å². The highest BCUT2D eigenvalue weighted by Gasteiger charge is 2.09. The number of hydrogen-bond donors (Lipinski definition) is 1. The standard InChI is InChI=1S/C13H20O3/c1-9(2)8-16-12-6-5-11(10(3)14)7-13(12)15-4/h5-7,9-10,14H,8H2,1-4H3. The Morgan fingerprint density at radius 1 is 1.19 bits per heavy atom. The van der Waals surface area contributed by atoms with Crippen molar-refractivity contribution in [2.24, 2.45) is 5.92 Å². The van der Waals surface area contributed by atoms with Gasteiger partial charge in [0, 0.05) is 0 Å². The minimum atomic E-state index is -0.493. The lowest BCUT2D eigenvalue weighted by molar-refractivity contribution is 0.198. The van der Waals surface area contributed by atoms with E-state index in [0.717, 1.165) is 11.3 Å². The SMILES string of the molecule is COc1cc(C(C)O)ccc1OCC(C)C. The molecule has 0 aromatic heterocycles. The van der Waals surface area contributed by atoms with E-state index in [1.807, 2.05) is 12.1 Å². The van der Waals surface area contributed by atoms with E-state index in [-0.39, 0.29) is 0 Å². The number of aliphatic hydroxyl groups excluding tert-OH is 1. The van der Waals surface area contributed by atoms with Crippen LogP contribution >= 0.6 is 0 Å². The molecule has 1 aromatic carbocycles. The van der Waals surface area contributed by atoms with Gasteiger partial charge in [-0.3, -0.25) is 0 Å². The van der Waals surface area contributed by atoms with E-state index in [9.17, 15) is 5.11 Å². The van der Waals surface area contributed by atoms with Crippen LogP contribution < -0.4 is 9.47 Å². The quantitative estimate of drug-likeness (QED) is 0.835. The van der Waals surface area contributed by atoms with Crippen molar-refractivity contribution >= 4 is 0 Å². The van der Waals surface area contributed by atoms with Crippen LogP contribution in [0.4, 0.5) is 0 Å². The molecule has 0 aliphatic heterocycles. The fourth-order valence-electron chi connectivity index (χ4n) is 1.32. The third-order valence-electron chi connectivity index (χ3n) is 2.24. The van der Waals surface area contributed by atoms with Gasteiger partial charge in [-0.05, 0) is 30.5 Å². The van der Waals surface area contributed by atoms with Gasteiger partial charge in [0.2, 0.25) is 0 Å². The Labute approximate surface area is 97.0 Å². The van der Waals surface area contributed by atoms with Gasteiger partial charge in [-0.15, -0.1) is 0 Å². The molecule has 1 unspecified atom stereocenters. The summed E-state index contributed by atoms with van der Waals surface area (Å²) in [6.07, 6.45) is -0.493. The van der Waals surface area contributed by atoms with Crippen molar-refractivity contribution in [3.8, 4) is 11.5 Å². The second-order valence-electron chi connectivity index (χ2n) is 4.29. The molecule has 0 saturated heterocycles. The summed E-state index contributed by atoms with van der Waals surface area (Å²) < 4.78 is 10.8. The van der Waals surface area contributed by atoms with Gasteiger partial charge in [-0.25, -0.2) is 0 Å². The maximum Gasteiger partial charge on any atom is 0.161 e. The van der Waals surface area contributed by atoms with E-state index < -0.39 is 6.10 Å². The number of hydrogen-bond acceptors (Lipinski definition) is 3. The number of benzene rings is 1. The molecule has 0 spiro atoms. The molecule has 1 N–H and O–H groups in total. The fraction of sp³-hybridized carbons (Fsp3) is 0.538. The minimum absolute atomic E-state index is 0.473. The third-order valence-corrected chi connectivity index (χ3v) is 2.24. The number of ether oxygens (including phenoxy) is 2. The summed E-state index contributed by atoms with van der Waals surface area (Å²) in [6.45, 7) is 6.57. The summed E-state index contributed by atoms with van der Waals surface area (Å²) in [5.41, 5.74) is 0.828. The van der Waals surface area contributed by atoms with Crippen LogP contribution in [0.5, 0.6) is 11.5 Å². The van der Waals surface area contributed by atoms with Gasteiger partial charge in [-0.2, -0.15) is 0 Å². The molecular weight excluding hydrogens is 204 g/mol. The highest BCUT2D eigenvalue weighted by atomic mass is 16.5. The molecule has 0 saturated carbocycles. The summed E-state index contributed by atoms with van der Waals surface area (Å²) in [6, 6.07) is 5.49. The van der Waals surface area contributed by atoms with Gasteiger partial charge in [0.15, 0.2) is 11.5 Å². The fourth-order valence-corrected chi connectivity index (χ4v) is 1.32. The molecule has 0 aliphatic carbocycles. The first-order valence-corrected chi connectivity index (χ1v) is 5.53. The lowest BCUT2D eigenvalue weighted by Crippen LogP contribution is -2.06. The first-order chi connectivity index (χ1) is 7.54. The summed E-state index contributed by atoms with van der Waals surface area (Å²) in [5, 5.41) is 9.46. The van der Waals surface area contributed by atoms with Crippen LogP contribution in [0.15, 0.2) is 18.2 Å². The molecule has 0 amide bonds. The van der Waals surface area contributed by atoms with Crippen molar-refractivity contribution in [3.63, 3.8) is 0 Å². The van der Waals surface area contributed by atoms with Crippen molar-refractivity contribution < 1.29 is 14.6 Å². The molecule has 16 heavy (non-hydrogen) atoms. The Hall–Kier alpha value is -1.22. The van der Waals surface area contributed by atoms with E-state index >= 15 is 0 Å². The summed E-state index contributed by atoms with van der Waals surface area (Å²) in [5.74, 6) is 1.86. The van der Waals surface area contributed by atoms with Gasteiger partial charge in [0.05, 0.1) is 19.8 Å². The molecular formula is C13H20O3. The molecule has 3 heteroatoms. The number of aliphatic hydroxyl groups is 1. The van der Waals surface area contributed by atoms with Crippen LogP contribution in [-0.4, -0.2) is 18.8 Å². The van der Waals surface area contributed by atoms with E-state index in [0.29, 0.717) is 18.3 Å². The van der Waals surface area contributed by atoms with Crippen LogP contribution in [0.2, 0.25) is 0 Å². The van der Waals surface area contributed by atoms with Crippen molar-refractivity contribution in [2.75, 3.05) is 13.7 Å². The lowest BCUT2D eigenvalue weighted by Gasteiger charge is -2.14. The van der Waals surface area contributed by atoms with Gasteiger partial charge in [-0.1, -0.05) is 19.9 Å². The number of methoxy groups -OCH3 is 1. The van der Waals surface area contributed by atoms with Crippen molar-refractivity contribution in [1.82, 2.24) is 0 Å². The minimum Gasteiger partial charge on any atom is -0.493 e. The second-order valence-corrected chi connectivity index (χ2v) is 4.29. The molecule has 0 radical (unpaired) electrons. The van der Waals surface area contributed by atoms with Crippen LogP contribution in [0.1, 0.15) is 32.4 Å². The average molecular weight is 224 g/mol. The number of rotatable bonds is 5. The summed E-state index contributed by atoms with van der Waals surface area (Å²) in [7, 11) is 1.60. The normalized spacial score (nSPS) is 12.6. The van der Waals surface area contributed by atoms with Gasteiger partial charge < -0.3 is 14.6 Å². The van der Waals surface area contributed by atoms with Crippen molar-refractivity contribution in [2.45, 2.75) is 26.9 Å². The smallest absolute Gasteiger partial charge is 0.161 e. The Balaban J connectivity index is 2.84. The maximum atomic E-state index is 9.46. The largest absolute Gasteiger partial charge is 0.493 e. The predicted octanol–water partition coefficient (Wildman–Crippen LogP) is 2.78. The van der Waals surface area contributed by atoms with Crippen LogP contribution in [-0.2, 0) is 0 Å². The molecule has 1 atom stereocenters. The Kier molecular flexibility index (Phi) is 4.62. The zero-order valence-electron chi connectivity index (χ0n) is 10.4. The summed E-state index contributed by atoms with van der Waals surface area (Å²) >= 11 is 0. The Morgan fingerprint density at radius 2 is 1.88 bits per heavy atom. The molecule has 0 fully saturated rings. The first kappa shape index (κ1) is 12.8. The molecule has 0 heterocycles. The first-order valence-electron chi connectivity index (χ1n) is 5.53. The van der Waals surface area contributed by atoms with Crippen LogP contribution in [0, 0.1) is 5.92 Å². The van der Waals surface area contributed by atoms with Gasteiger partial charge in [0.1, 0.15) is 0 Å². The lowest BCUT2D eigenvalue weighted by atomic mass is 10.1. The third kappa shape index (κ3) is 3.42. The predicted molar refractivity (Wildman–Crippen MR) is 64.0 cm³/mol. The zero-order chi connectivity index (χ0) is 12.1. The van der Waals surface area contributed by atoms with Crippen molar-refractivity contribution in [1.29, 1.82) is 0 Å². The van der Waals surface area contributed by atoms with Crippen molar-refractivity contribution in [3.05, 3.63) is 23.8 Å². The van der Waals surface area contributed by atoms with Gasteiger partial charge >= 0.3 is 0 Å². The zero-order valence-corrected chi connectivity index (χ0v) is 10.4. The molecule has 0 aliphatic rings. The molecule has 1 aromatic rings. The van der Waals surface area contributed by atoms with E-state index in [1.54, 1.807) is 20.1 Å². The Morgan fingerprint density at radius 3 is 2.38 bits per heavy atom. The highest BCUT2D eigenvalue weighted by molar-refractivity contribution is 5.43. The maximum absolute atomic E-state index is 9.46. The van der Waals surface area contributed by atoms with Crippen LogP contribution in [0.3, 0.4) is 0 Å². The molecule has 90 valence electrons.